The Kier molecular flexibility index (Phi) is 5.81. The zero-order valence-corrected chi connectivity index (χ0v) is 10.5. The molecule has 100 valence electrons. The van der Waals surface area contributed by atoms with Gasteiger partial charge in [-0.05, 0) is 12.3 Å². The molecule has 0 saturated carbocycles. The molecular formula is C9H17O7P. The van der Waals surface area contributed by atoms with E-state index in [9.17, 15) is 14.2 Å². The average Bonchev–Trinajstić information content (AvgIpc) is 2.07. The first-order valence-corrected chi connectivity index (χ1v) is 6.75. The fraction of sp³-hybridized carbons (Fsp3) is 0.778. The quantitative estimate of drug-likeness (QED) is 0.501. The highest BCUT2D eigenvalue weighted by atomic mass is 31.2. The van der Waals surface area contributed by atoms with E-state index >= 15 is 0 Å². The zero-order chi connectivity index (χ0) is 13.8. The van der Waals surface area contributed by atoms with Crippen molar-refractivity contribution in [3.05, 3.63) is 0 Å². The summed E-state index contributed by atoms with van der Waals surface area (Å²) in [6.07, 6.45) is -0.723. The first-order chi connectivity index (χ1) is 7.57. The van der Waals surface area contributed by atoms with Crippen molar-refractivity contribution in [2.75, 3.05) is 0 Å². The van der Waals surface area contributed by atoms with Crippen LogP contribution in [0.2, 0.25) is 0 Å². The highest BCUT2D eigenvalue weighted by Crippen LogP contribution is 2.49. The van der Waals surface area contributed by atoms with Gasteiger partial charge in [-0.1, -0.05) is 13.8 Å². The third-order valence-electron chi connectivity index (χ3n) is 2.47. The van der Waals surface area contributed by atoms with Crippen LogP contribution in [0.3, 0.4) is 0 Å². The van der Waals surface area contributed by atoms with Crippen LogP contribution in [0.25, 0.3) is 0 Å². The Morgan fingerprint density at radius 3 is 1.88 bits per heavy atom. The van der Waals surface area contributed by atoms with Crippen LogP contribution in [0.15, 0.2) is 0 Å². The molecule has 8 heteroatoms. The fourth-order valence-electron chi connectivity index (χ4n) is 1.81. The fourth-order valence-corrected chi connectivity index (χ4v) is 3.33. The SMILES string of the molecule is CC(C)C(C(CCC(=O)O)C(=O)O)P(=O)(O)O. The van der Waals surface area contributed by atoms with Crippen LogP contribution in [0.4, 0.5) is 0 Å². The van der Waals surface area contributed by atoms with E-state index in [0.29, 0.717) is 0 Å². The average molecular weight is 268 g/mol. The third kappa shape index (κ3) is 5.30. The molecule has 0 aliphatic rings. The predicted octanol–water partition coefficient (Wildman–Crippen LogP) is 0.754. The van der Waals surface area contributed by atoms with Crippen molar-refractivity contribution in [1.82, 2.24) is 0 Å². The summed E-state index contributed by atoms with van der Waals surface area (Å²) in [6.45, 7) is 3.00. The molecule has 0 aliphatic carbocycles. The Morgan fingerprint density at radius 2 is 1.65 bits per heavy atom. The van der Waals surface area contributed by atoms with Crippen LogP contribution in [-0.4, -0.2) is 37.6 Å². The van der Waals surface area contributed by atoms with Gasteiger partial charge in [-0.3, -0.25) is 14.2 Å². The molecule has 0 rings (SSSR count). The topological polar surface area (TPSA) is 132 Å². The van der Waals surface area contributed by atoms with Gasteiger partial charge in [0, 0.05) is 6.42 Å². The maximum atomic E-state index is 11.2. The van der Waals surface area contributed by atoms with Gasteiger partial charge in [0.05, 0.1) is 11.6 Å². The van der Waals surface area contributed by atoms with Crippen molar-refractivity contribution in [2.45, 2.75) is 32.3 Å². The van der Waals surface area contributed by atoms with Crippen molar-refractivity contribution in [2.24, 2.45) is 11.8 Å². The van der Waals surface area contributed by atoms with Crippen molar-refractivity contribution >= 4 is 19.5 Å². The third-order valence-corrected chi connectivity index (χ3v) is 4.20. The lowest BCUT2D eigenvalue weighted by atomic mass is 9.92. The van der Waals surface area contributed by atoms with Gasteiger partial charge < -0.3 is 20.0 Å². The molecular weight excluding hydrogens is 251 g/mol. The lowest BCUT2D eigenvalue weighted by Gasteiger charge is -2.27. The van der Waals surface area contributed by atoms with Crippen LogP contribution in [0.5, 0.6) is 0 Å². The van der Waals surface area contributed by atoms with Gasteiger partial charge in [-0.2, -0.15) is 0 Å². The number of aliphatic carboxylic acids is 2. The van der Waals surface area contributed by atoms with Crippen LogP contribution in [0.1, 0.15) is 26.7 Å². The van der Waals surface area contributed by atoms with E-state index in [0.717, 1.165) is 0 Å². The Balaban J connectivity index is 5.05. The van der Waals surface area contributed by atoms with Gasteiger partial charge in [0.2, 0.25) is 0 Å². The molecule has 0 radical (unpaired) electrons. The number of carbonyl (C=O) groups is 2. The van der Waals surface area contributed by atoms with Crippen LogP contribution in [-0.2, 0) is 14.2 Å². The molecule has 0 amide bonds. The molecule has 0 bridgehead atoms. The Bertz CT molecular complexity index is 332. The molecule has 0 fully saturated rings. The van der Waals surface area contributed by atoms with Gasteiger partial charge in [-0.15, -0.1) is 0 Å². The summed E-state index contributed by atoms with van der Waals surface area (Å²) in [5.74, 6) is -4.48. The molecule has 0 saturated heterocycles. The van der Waals surface area contributed by atoms with Gasteiger partial charge in [0.1, 0.15) is 0 Å². The molecule has 0 aliphatic heterocycles. The van der Waals surface area contributed by atoms with E-state index in [4.69, 9.17) is 20.0 Å². The minimum atomic E-state index is -4.58. The molecule has 4 N–H and O–H groups in total. The molecule has 7 nitrogen and oxygen atoms in total. The molecule has 0 aromatic heterocycles. The molecule has 0 aromatic carbocycles. The Morgan fingerprint density at radius 1 is 1.18 bits per heavy atom. The van der Waals surface area contributed by atoms with Gasteiger partial charge in [-0.25, -0.2) is 0 Å². The first kappa shape index (κ1) is 16.1. The second-order valence-corrected chi connectivity index (χ2v) is 5.98. The van der Waals surface area contributed by atoms with E-state index in [1.54, 1.807) is 0 Å². The standard InChI is InChI=1S/C9H17O7P/c1-5(2)8(17(14,15)16)6(9(12)13)3-4-7(10)11/h5-6,8H,3-4H2,1-2H3,(H,10,11)(H,12,13)(H2,14,15,16). The largest absolute Gasteiger partial charge is 0.481 e. The number of hydrogen-bond donors (Lipinski definition) is 4. The first-order valence-electron chi connectivity index (χ1n) is 5.07. The smallest absolute Gasteiger partial charge is 0.329 e. The van der Waals surface area contributed by atoms with E-state index in [1.165, 1.54) is 13.8 Å². The Hall–Kier alpha value is -0.910. The zero-order valence-electron chi connectivity index (χ0n) is 9.61. The highest BCUT2D eigenvalue weighted by molar-refractivity contribution is 7.52. The monoisotopic (exact) mass is 268 g/mol. The van der Waals surface area contributed by atoms with Gasteiger partial charge in [0.15, 0.2) is 0 Å². The lowest BCUT2D eigenvalue weighted by molar-refractivity contribution is -0.143. The molecule has 0 spiro atoms. The van der Waals surface area contributed by atoms with Crippen LogP contribution in [0, 0.1) is 11.8 Å². The summed E-state index contributed by atoms with van der Waals surface area (Å²) in [5.41, 5.74) is -1.36. The minimum absolute atomic E-state index is 0.293. The summed E-state index contributed by atoms with van der Waals surface area (Å²) >= 11 is 0. The molecule has 0 heterocycles. The van der Waals surface area contributed by atoms with Crippen molar-refractivity contribution < 1.29 is 34.2 Å². The normalized spacial score (nSPS) is 15.6. The number of carboxylic acid groups (broad SMARTS) is 2. The summed E-state index contributed by atoms with van der Waals surface area (Å²) in [4.78, 5) is 39.6. The summed E-state index contributed by atoms with van der Waals surface area (Å²) < 4.78 is 11.2. The Labute approximate surface area is 98.6 Å². The summed E-state index contributed by atoms with van der Waals surface area (Å²) in [6, 6.07) is 0. The van der Waals surface area contributed by atoms with E-state index in [2.05, 4.69) is 0 Å². The molecule has 0 aromatic rings. The summed E-state index contributed by atoms with van der Waals surface area (Å²) in [7, 11) is -4.58. The van der Waals surface area contributed by atoms with E-state index in [1.807, 2.05) is 0 Å². The van der Waals surface area contributed by atoms with E-state index in [-0.39, 0.29) is 6.42 Å². The van der Waals surface area contributed by atoms with Gasteiger partial charge >= 0.3 is 19.5 Å². The maximum absolute atomic E-state index is 11.2. The van der Waals surface area contributed by atoms with Crippen LogP contribution >= 0.6 is 7.60 Å². The van der Waals surface area contributed by atoms with Crippen molar-refractivity contribution in [3.8, 4) is 0 Å². The number of carboxylic acids is 2. The molecule has 2 unspecified atom stereocenters. The minimum Gasteiger partial charge on any atom is -0.481 e. The second kappa shape index (κ2) is 6.14. The predicted molar refractivity (Wildman–Crippen MR) is 58.7 cm³/mol. The van der Waals surface area contributed by atoms with E-state index < -0.39 is 43.5 Å². The van der Waals surface area contributed by atoms with Crippen molar-refractivity contribution in [1.29, 1.82) is 0 Å². The maximum Gasteiger partial charge on any atom is 0.329 e. The highest BCUT2D eigenvalue weighted by Gasteiger charge is 2.42. The second-order valence-electron chi connectivity index (χ2n) is 4.20. The van der Waals surface area contributed by atoms with Gasteiger partial charge in [0.25, 0.3) is 0 Å². The number of hydrogen-bond acceptors (Lipinski definition) is 3. The molecule has 2 atom stereocenters. The molecule has 17 heavy (non-hydrogen) atoms. The number of rotatable bonds is 7. The summed E-state index contributed by atoms with van der Waals surface area (Å²) in [5, 5.41) is 17.4. The lowest BCUT2D eigenvalue weighted by Crippen LogP contribution is -2.33. The van der Waals surface area contributed by atoms with Crippen LogP contribution < -0.4 is 0 Å². The van der Waals surface area contributed by atoms with Crippen molar-refractivity contribution in [3.63, 3.8) is 0 Å².